The first-order chi connectivity index (χ1) is 12.5. The van der Waals surface area contributed by atoms with Crippen LogP contribution in [0.25, 0.3) is 0 Å². The van der Waals surface area contributed by atoms with E-state index in [4.69, 9.17) is 10.5 Å². The number of piperazine rings is 1. The Bertz CT molecular complexity index is 748. The van der Waals surface area contributed by atoms with E-state index in [1.807, 2.05) is 53.4 Å². The summed E-state index contributed by atoms with van der Waals surface area (Å²) in [6.07, 6.45) is 0. The Kier molecular flexibility index (Phi) is 9.24. The summed E-state index contributed by atoms with van der Waals surface area (Å²) in [5.41, 5.74) is 7.41. The van der Waals surface area contributed by atoms with E-state index in [0.717, 1.165) is 30.9 Å². The third kappa shape index (κ3) is 5.39. The van der Waals surface area contributed by atoms with E-state index >= 15 is 0 Å². The van der Waals surface area contributed by atoms with E-state index in [1.165, 1.54) is 5.56 Å². The number of amides is 1. The molecule has 3 rings (SSSR count). The van der Waals surface area contributed by atoms with Crippen molar-refractivity contribution in [2.24, 2.45) is 5.73 Å². The van der Waals surface area contributed by atoms with Gasteiger partial charge in [0.1, 0.15) is 11.3 Å². The van der Waals surface area contributed by atoms with Crippen molar-refractivity contribution >= 4 is 30.7 Å². The predicted octanol–water partition coefficient (Wildman–Crippen LogP) is 3.06. The van der Waals surface area contributed by atoms with E-state index in [2.05, 4.69) is 11.0 Å². The molecule has 0 aliphatic carbocycles. The second-order valence-electron chi connectivity index (χ2n) is 6.95. The third-order valence-electron chi connectivity index (χ3n) is 5.06. The SMILES string of the molecule is COc1ccccc1CN1CCN(C(=O)C(C)(N)c2ccccc2)CC1.Cl.Cl. The molecule has 1 aliphatic heterocycles. The van der Waals surface area contributed by atoms with E-state index in [0.29, 0.717) is 13.1 Å². The van der Waals surface area contributed by atoms with E-state index in [-0.39, 0.29) is 30.7 Å². The summed E-state index contributed by atoms with van der Waals surface area (Å²) in [5, 5.41) is 0. The van der Waals surface area contributed by atoms with Crippen LogP contribution in [0.3, 0.4) is 0 Å². The summed E-state index contributed by atoms with van der Waals surface area (Å²) in [5.74, 6) is 0.894. The molecule has 0 spiro atoms. The Balaban J connectivity index is 0.00000196. The van der Waals surface area contributed by atoms with Crippen molar-refractivity contribution in [3.63, 3.8) is 0 Å². The van der Waals surface area contributed by atoms with Crippen molar-refractivity contribution in [3.05, 3.63) is 65.7 Å². The Hall–Kier alpha value is -1.79. The number of nitrogens with zero attached hydrogens (tertiary/aromatic N) is 2. The second kappa shape index (κ2) is 10.7. The molecule has 5 nitrogen and oxygen atoms in total. The maximum Gasteiger partial charge on any atom is 0.247 e. The van der Waals surface area contributed by atoms with Crippen molar-refractivity contribution in [1.29, 1.82) is 0 Å². The van der Waals surface area contributed by atoms with Crippen molar-refractivity contribution in [2.75, 3.05) is 33.3 Å². The van der Waals surface area contributed by atoms with Crippen LogP contribution in [0, 0.1) is 0 Å². The van der Waals surface area contributed by atoms with Crippen molar-refractivity contribution in [2.45, 2.75) is 19.0 Å². The lowest BCUT2D eigenvalue weighted by Crippen LogP contribution is -2.56. The maximum atomic E-state index is 12.9. The molecule has 1 heterocycles. The van der Waals surface area contributed by atoms with Gasteiger partial charge in [0, 0.05) is 38.3 Å². The first-order valence-corrected chi connectivity index (χ1v) is 9.00. The van der Waals surface area contributed by atoms with Crippen molar-refractivity contribution < 1.29 is 9.53 Å². The molecule has 1 atom stereocenters. The Morgan fingerprint density at radius 1 is 1.00 bits per heavy atom. The summed E-state index contributed by atoms with van der Waals surface area (Å²) >= 11 is 0. The van der Waals surface area contributed by atoms with Gasteiger partial charge in [-0.1, -0.05) is 48.5 Å². The van der Waals surface area contributed by atoms with Gasteiger partial charge in [-0.3, -0.25) is 9.69 Å². The van der Waals surface area contributed by atoms with Gasteiger partial charge in [-0.15, -0.1) is 24.8 Å². The minimum Gasteiger partial charge on any atom is -0.496 e. The Morgan fingerprint density at radius 3 is 2.18 bits per heavy atom. The molecule has 154 valence electrons. The first kappa shape index (κ1) is 24.2. The molecule has 1 unspecified atom stereocenters. The number of hydrogen-bond donors (Lipinski definition) is 1. The number of methoxy groups -OCH3 is 1. The molecule has 1 saturated heterocycles. The van der Waals surface area contributed by atoms with Gasteiger partial charge in [-0.05, 0) is 18.6 Å². The number of nitrogens with two attached hydrogens (primary N) is 1. The van der Waals surface area contributed by atoms with Crippen LogP contribution in [0.1, 0.15) is 18.1 Å². The molecule has 2 aromatic rings. The Morgan fingerprint density at radius 2 is 1.57 bits per heavy atom. The average Bonchev–Trinajstić information content (AvgIpc) is 2.69. The quantitative estimate of drug-likeness (QED) is 0.799. The fourth-order valence-corrected chi connectivity index (χ4v) is 3.42. The lowest BCUT2D eigenvalue weighted by Gasteiger charge is -2.38. The molecule has 28 heavy (non-hydrogen) atoms. The summed E-state index contributed by atoms with van der Waals surface area (Å²) in [6.45, 7) is 5.65. The van der Waals surface area contributed by atoms with Crippen LogP contribution < -0.4 is 10.5 Å². The van der Waals surface area contributed by atoms with Crippen LogP contribution in [0.2, 0.25) is 0 Å². The van der Waals surface area contributed by atoms with Gasteiger partial charge >= 0.3 is 0 Å². The number of halogens is 2. The average molecular weight is 426 g/mol. The monoisotopic (exact) mass is 425 g/mol. The van der Waals surface area contributed by atoms with Crippen LogP contribution in [0.4, 0.5) is 0 Å². The summed E-state index contributed by atoms with van der Waals surface area (Å²) in [6, 6.07) is 17.7. The van der Waals surface area contributed by atoms with E-state index in [9.17, 15) is 4.79 Å². The summed E-state index contributed by atoms with van der Waals surface area (Å²) in [7, 11) is 1.70. The van der Waals surface area contributed by atoms with Crippen LogP contribution in [-0.2, 0) is 16.9 Å². The molecule has 2 aromatic carbocycles. The molecular formula is C21H29Cl2N3O2. The highest BCUT2D eigenvalue weighted by atomic mass is 35.5. The topological polar surface area (TPSA) is 58.8 Å². The largest absolute Gasteiger partial charge is 0.496 e. The fraction of sp³-hybridized carbons (Fsp3) is 0.381. The molecule has 7 heteroatoms. The first-order valence-electron chi connectivity index (χ1n) is 9.00. The molecule has 1 amide bonds. The predicted molar refractivity (Wildman–Crippen MR) is 117 cm³/mol. The maximum absolute atomic E-state index is 12.9. The van der Waals surface area contributed by atoms with Gasteiger partial charge in [0.05, 0.1) is 7.11 Å². The third-order valence-corrected chi connectivity index (χ3v) is 5.06. The zero-order valence-electron chi connectivity index (χ0n) is 16.3. The number of rotatable bonds is 5. The highest BCUT2D eigenvalue weighted by Crippen LogP contribution is 2.23. The highest BCUT2D eigenvalue weighted by Gasteiger charge is 2.35. The minimum atomic E-state index is -0.994. The highest BCUT2D eigenvalue weighted by molar-refractivity contribution is 5.87. The number of ether oxygens (including phenoxy) is 1. The van der Waals surface area contributed by atoms with Crippen LogP contribution >= 0.6 is 24.8 Å². The molecule has 0 aromatic heterocycles. The van der Waals surface area contributed by atoms with Gasteiger partial charge < -0.3 is 15.4 Å². The zero-order valence-corrected chi connectivity index (χ0v) is 18.0. The Labute approximate surface area is 179 Å². The normalized spacial score (nSPS) is 16.3. The molecule has 0 saturated carbocycles. The van der Waals surface area contributed by atoms with Gasteiger partial charge in [0.15, 0.2) is 0 Å². The second-order valence-corrected chi connectivity index (χ2v) is 6.95. The summed E-state index contributed by atoms with van der Waals surface area (Å²) < 4.78 is 5.43. The summed E-state index contributed by atoms with van der Waals surface area (Å²) in [4.78, 5) is 17.2. The number of carbonyl (C=O) groups is 1. The lowest BCUT2D eigenvalue weighted by molar-refractivity contribution is -0.138. The van der Waals surface area contributed by atoms with Gasteiger partial charge in [0.25, 0.3) is 0 Å². The zero-order chi connectivity index (χ0) is 18.6. The number of hydrogen-bond acceptors (Lipinski definition) is 4. The minimum absolute atomic E-state index is 0. The fourth-order valence-electron chi connectivity index (χ4n) is 3.42. The molecule has 2 N–H and O–H groups in total. The van der Waals surface area contributed by atoms with Gasteiger partial charge in [0.2, 0.25) is 5.91 Å². The number of para-hydroxylation sites is 1. The molecule has 1 aliphatic rings. The van der Waals surface area contributed by atoms with Crippen molar-refractivity contribution in [3.8, 4) is 5.75 Å². The lowest BCUT2D eigenvalue weighted by atomic mass is 9.91. The van der Waals surface area contributed by atoms with Crippen LogP contribution in [0.5, 0.6) is 5.75 Å². The molecule has 1 fully saturated rings. The van der Waals surface area contributed by atoms with E-state index in [1.54, 1.807) is 14.0 Å². The molecule has 0 bridgehead atoms. The molecule has 0 radical (unpaired) electrons. The number of carbonyl (C=O) groups excluding carboxylic acids is 1. The van der Waals surface area contributed by atoms with E-state index < -0.39 is 5.54 Å². The van der Waals surface area contributed by atoms with Crippen LogP contribution in [0.15, 0.2) is 54.6 Å². The number of benzene rings is 2. The van der Waals surface area contributed by atoms with Gasteiger partial charge in [-0.2, -0.15) is 0 Å². The van der Waals surface area contributed by atoms with Crippen molar-refractivity contribution in [1.82, 2.24) is 9.80 Å². The standard InChI is InChI=1S/C21H27N3O2.2ClH/c1-21(22,18-9-4-3-5-10-18)20(25)24-14-12-23(13-15-24)16-17-8-6-7-11-19(17)26-2;;/h3-11H,12-16,22H2,1-2H3;2*1H. The van der Waals surface area contributed by atoms with Crippen LogP contribution in [-0.4, -0.2) is 49.0 Å². The smallest absolute Gasteiger partial charge is 0.247 e. The van der Waals surface area contributed by atoms with Gasteiger partial charge in [-0.25, -0.2) is 0 Å². The molecular weight excluding hydrogens is 397 g/mol.